The van der Waals surface area contributed by atoms with Crippen LogP contribution in [0.15, 0.2) is 41.5 Å². The number of fused-ring (bicyclic) bond motifs is 1. The van der Waals surface area contributed by atoms with Crippen molar-refractivity contribution < 1.29 is 9.53 Å². The van der Waals surface area contributed by atoms with Crippen LogP contribution in [-0.2, 0) is 22.5 Å². The van der Waals surface area contributed by atoms with Crippen LogP contribution in [0.4, 0.5) is 5.82 Å². The summed E-state index contributed by atoms with van der Waals surface area (Å²) < 4.78 is 7.63. The first-order valence-corrected chi connectivity index (χ1v) is 10.3. The van der Waals surface area contributed by atoms with Crippen LogP contribution in [0.5, 0.6) is 0 Å². The van der Waals surface area contributed by atoms with Gasteiger partial charge in [0.1, 0.15) is 12.1 Å². The molecule has 1 aromatic carbocycles. The van der Waals surface area contributed by atoms with Gasteiger partial charge < -0.3 is 19.9 Å². The summed E-state index contributed by atoms with van der Waals surface area (Å²) in [6, 6.07) is 7.62. The Morgan fingerprint density at radius 3 is 2.87 bits per heavy atom. The molecule has 1 fully saturated rings. The minimum Gasteiger partial charge on any atom is -0.468 e. The molecule has 0 radical (unpaired) electrons. The highest BCUT2D eigenvalue weighted by atomic mass is 35.5. The van der Waals surface area contributed by atoms with Gasteiger partial charge in [-0.2, -0.15) is 0 Å². The van der Waals surface area contributed by atoms with Crippen LogP contribution in [-0.4, -0.2) is 46.4 Å². The molecule has 0 aliphatic carbocycles. The van der Waals surface area contributed by atoms with E-state index in [1.165, 1.54) is 11.7 Å². The number of methoxy groups -OCH3 is 1. The average Bonchev–Trinajstić information content (AvgIpc) is 3.11. The molecule has 1 aliphatic rings. The largest absolute Gasteiger partial charge is 0.468 e. The van der Waals surface area contributed by atoms with Crippen LogP contribution in [0, 0.1) is 0 Å². The van der Waals surface area contributed by atoms with E-state index < -0.39 is 5.97 Å². The van der Waals surface area contributed by atoms with E-state index in [0.29, 0.717) is 23.5 Å². The molecular formula is C21H24ClN5O3. The fourth-order valence-electron chi connectivity index (χ4n) is 3.92. The summed E-state index contributed by atoms with van der Waals surface area (Å²) >= 11 is 6.41. The van der Waals surface area contributed by atoms with E-state index in [1.807, 2.05) is 24.3 Å². The monoisotopic (exact) mass is 429 g/mol. The third-order valence-corrected chi connectivity index (χ3v) is 5.82. The number of halogens is 1. The standard InChI is InChI=1S/C21H24ClN5O3/c1-30-18(28)13-26-9-10-27-19(21(26)29)16(11-14-5-2-3-7-17(14)22)20(24-27)25-8-4-6-15(23)12-25/h2-3,5,7,9-10,15H,4,6,8,11-13,23H2,1H3/t15-/m1/s1. The van der Waals surface area contributed by atoms with Gasteiger partial charge in [-0.05, 0) is 24.5 Å². The van der Waals surface area contributed by atoms with Gasteiger partial charge in [-0.1, -0.05) is 29.8 Å². The van der Waals surface area contributed by atoms with Crippen LogP contribution in [0.2, 0.25) is 5.02 Å². The van der Waals surface area contributed by atoms with Crippen molar-refractivity contribution in [1.82, 2.24) is 14.2 Å². The lowest BCUT2D eigenvalue weighted by Gasteiger charge is -2.31. The highest BCUT2D eigenvalue weighted by Crippen LogP contribution is 2.29. The zero-order valence-electron chi connectivity index (χ0n) is 16.8. The number of aromatic nitrogens is 3. The minimum atomic E-state index is -0.490. The predicted octanol–water partition coefficient (Wildman–Crippen LogP) is 1.84. The Hall–Kier alpha value is -2.84. The molecule has 0 unspecified atom stereocenters. The Kier molecular flexibility index (Phi) is 5.78. The number of esters is 1. The van der Waals surface area contributed by atoms with E-state index in [4.69, 9.17) is 27.2 Å². The van der Waals surface area contributed by atoms with Gasteiger partial charge in [0.15, 0.2) is 5.82 Å². The summed E-state index contributed by atoms with van der Waals surface area (Å²) in [7, 11) is 1.30. The molecule has 3 aromatic rings. The fraction of sp³-hybridized carbons (Fsp3) is 0.381. The zero-order chi connectivity index (χ0) is 21.3. The number of benzene rings is 1. The maximum absolute atomic E-state index is 13.3. The highest BCUT2D eigenvalue weighted by Gasteiger charge is 2.26. The first-order valence-electron chi connectivity index (χ1n) is 9.89. The summed E-state index contributed by atoms with van der Waals surface area (Å²) in [4.78, 5) is 27.1. The second-order valence-corrected chi connectivity index (χ2v) is 7.93. The number of hydrogen-bond acceptors (Lipinski definition) is 6. The molecule has 0 amide bonds. The number of hydrogen-bond donors (Lipinski definition) is 1. The van der Waals surface area contributed by atoms with Crippen molar-refractivity contribution in [2.45, 2.75) is 31.8 Å². The number of anilines is 1. The molecule has 30 heavy (non-hydrogen) atoms. The second kappa shape index (κ2) is 8.49. The number of nitrogens with zero attached hydrogens (tertiary/aromatic N) is 4. The van der Waals surface area contributed by atoms with Crippen LogP contribution in [0.3, 0.4) is 0 Å². The second-order valence-electron chi connectivity index (χ2n) is 7.52. The molecule has 158 valence electrons. The van der Waals surface area contributed by atoms with E-state index in [9.17, 15) is 9.59 Å². The minimum absolute atomic E-state index is 0.0627. The third-order valence-electron chi connectivity index (χ3n) is 5.45. The van der Waals surface area contributed by atoms with Crippen LogP contribution >= 0.6 is 11.6 Å². The summed E-state index contributed by atoms with van der Waals surface area (Å²) in [6.45, 7) is 1.34. The number of nitrogens with two attached hydrogens (primary N) is 1. The lowest BCUT2D eigenvalue weighted by Crippen LogP contribution is -2.43. The molecule has 0 spiro atoms. The molecule has 2 aromatic heterocycles. The van der Waals surface area contributed by atoms with Gasteiger partial charge in [0.05, 0.1) is 7.11 Å². The molecule has 3 heterocycles. The molecule has 9 heteroatoms. The molecular weight excluding hydrogens is 406 g/mol. The molecule has 1 aliphatic heterocycles. The van der Waals surface area contributed by atoms with Gasteiger partial charge in [-0.15, -0.1) is 5.10 Å². The van der Waals surface area contributed by atoms with Crippen LogP contribution in [0.25, 0.3) is 5.52 Å². The van der Waals surface area contributed by atoms with E-state index in [2.05, 4.69) is 4.90 Å². The molecule has 4 rings (SSSR count). The van der Waals surface area contributed by atoms with Crippen LogP contribution in [0.1, 0.15) is 24.0 Å². The smallest absolute Gasteiger partial charge is 0.325 e. The lowest BCUT2D eigenvalue weighted by molar-refractivity contribution is -0.141. The molecule has 0 bridgehead atoms. The van der Waals surface area contributed by atoms with E-state index in [0.717, 1.165) is 36.3 Å². The Morgan fingerprint density at radius 2 is 2.13 bits per heavy atom. The van der Waals surface area contributed by atoms with Gasteiger partial charge in [0.2, 0.25) is 0 Å². The molecule has 2 N–H and O–H groups in total. The summed E-state index contributed by atoms with van der Waals surface area (Å²) in [5.41, 5.74) is 8.00. The van der Waals surface area contributed by atoms with Gasteiger partial charge in [0.25, 0.3) is 5.56 Å². The van der Waals surface area contributed by atoms with Crippen molar-refractivity contribution >= 4 is 28.9 Å². The lowest BCUT2D eigenvalue weighted by atomic mass is 10.0. The average molecular weight is 430 g/mol. The summed E-state index contributed by atoms with van der Waals surface area (Å²) in [5.74, 6) is 0.244. The molecule has 8 nitrogen and oxygen atoms in total. The number of rotatable bonds is 5. The Bertz CT molecular complexity index is 1140. The van der Waals surface area contributed by atoms with Crippen molar-refractivity contribution in [2.24, 2.45) is 5.73 Å². The van der Waals surface area contributed by atoms with Crippen molar-refractivity contribution in [3.05, 3.63) is 63.2 Å². The van der Waals surface area contributed by atoms with Crippen molar-refractivity contribution in [1.29, 1.82) is 0 Å². The van der Waals surface area contributed by atoms with Gasteiger partial charge >= 0.3 is 5.97 Å². The maximum Gasteiger partial charge on any atom is 0.325 e. The van der Waals surface area contributed by atoms with Gasteiger partial charge in [0, 0.05) is 48.5 Å². The molecule has 1 atom stereocenters. The summed E-state index contributed by atoms with van der Waals surface area (Å²) in [5, 5.41) is 5.34. The Morgan fingerprint density at radius 1 is 1.33 bits per heavy atom. The zero-order valence-corrected chi connectivity index (χ0v) is 17.5. The number of carbonyl (C=O) groups is 1. The van der Waals surface area contributed by atoms with E-state index in [-0.39, 0.29) is 18.1 Å². The van der Waals surface area contributed by atoms with E-state index >= 15 is 0 Å². The Balaban J connectivity index is 1.87. The first-order chi connectivity index (χ1) is 14.5. The van der Waals surface area contributed by atoms with Gasteiger partial charge in [-0.25, -0.2) is 4.52 Å². The fourth-order valence-corrected chi connectivity index (χ4v) is 4.12. The molecule has 0 saturated carbocycles. The molecule has 1 saturated heterocycles. The predicted molar refractivity (Wildman–Crippen MR) is 115 cm³/mol. The van der Waals surface area contributed by atoms with Crippen molar-refractivity contribution in [2.75, 3.05) is 25.1 Å². The van der Waals surface area contributed by atoms with Gasteiger partial charge in [-0.3, -0.25) is 9.59 Å². The number of piperidine rings is 1. The number of ether oxygens (including phenoxy) is 1. The normalized spacial score (nSPS) is 16.8. The van der Waals surface area contributed by atoms with E-state index in [1.54, 1.807) is 16.9 Å². The quantitative estimate of drug-likeness (QED) is 0.622. The Labute approximate surface area is 178 Å². The SMILES string of the molecule is COC(=O)Cn1ccn2nc(N3CCC[C@@H](N)C3)c(Cc3ccccc3Cl)c2c1=O. The topological polar surface area (TPSA) is 94.9 Å². The first kappa shape index (κ1) is 20.4. The van der Waals surface area contributed by atoms with Crippen molar-refractivity contribution in [3.63, 3.8) is 0 Å². The third kappa shape index (κ3) is 3.93. The maximum atomic E-state index is 13.3. The van der Waals surface area contributed by atoms with Crippen molar-refractivity contribution in [3.8, 4) is 0 Å². The summed E-state index contributed by atoms with van der Waals surface area (Å²) in [6.07, 6.45) is 5.61. The van der Waals surface area contributed by atoms with Crippen LogP contribution < -0.4 is 16.2 Å². The number of carbonyl (C=O) groups excluding carboxylic acids is 1. The highest BCUT2D eigenvalue weighted by molar-refractivity contribution is 6.31.